The lowest BCUT2D eigenvalue weighted by Crippen LogP contribution is -2.43. The lowest BCUT2D eigenvalue weighted by molar-refractivity contribution is -0.131. The predicted molar refractivity (Wildman–Crippen MR) is 96.7 cm³/mol. The van der Waals surface area contributed by atoms with Crippen LogP contribution in [-0.2, 0) is 11.2 Å². The highest BCUT2D eigenvalue weighted by molar-refractivity contribution is 5.78. The molecule has 0 bridgehead atoms. The van der Waals surface area contributed by atoms with E-state index in [1.807, 2.05) is 29.2 Å². The Hall–Kier alpha value is -2.63. The van der Waals surface area contributed by atoms with E-state index in [2.05, 4.69) is 22.2 Å². The molecule has 2 aromatic rings. The lowest BCUT2D eigenvalue weighted by Gasteiger charge is -2.32. The highest BCUT2D eigenvalue weighted by atomic mass is 16.5. The monoisotopic (exact) mass is 340 g/mol. The van der Waals surface area contributed by atoms with Gasteiger partial charge < -0.3 is 15.0 Å². The summed E-state index contributed by atoms with van der Waals surface area (Å²) in [5.74, 6) is 1.36. The SMILES string of the molecule is COc1nccnc1NC1CCN(C(=O)Cc2ccc(C)cc2)CC1. The third-order valence-corrected chi connectivity index (χ3v) is 4.52. The molecule has 0 atom stereocenters. The maximum Gasteiger partial charge on any atom is 0.257 e. The van der Waals surface area contributed by atoms with E-state index in [-0.39, 0.29) is 11.9 Å². The van der Waals surface area contributed by atoms with Gasteiger partial charge in [-0.2, -0.15) is 0 Å². The Bertz CT molecular complexity index is 710. The minimum Gasteiger partial charge on any atom is -0.478 e. The van der Waals surface area contributed by atoms with E-state index < -0.39 is 0 Å². The number of rotatable bonds is 5. The molecule has 0 aliphatic carbocycles. The van der Waals surface area contributed by atoms with E-state index in [1.165, 1.54) is 5.56 Å². The van der Waals surface area contributed by atoms with Crippen molar-refractivity contribution in [2.45, 2.75) is 32.2 Å². The molecule has 0 unspecified atom stereocenters. The summed E-state index contributed by atoms with van der Waals surface area (Å²) in [5, 5.41) is 3.38. The highest BCUT2D eigenvalue weighted by Crippen LogP contribution is 2.21. The first kappa shape index (κ1) is 17.2. The van der Waals surface area contributed by atoms with Crippen molar-refractivity contribution >= 4 is 11.7 Å². The highest BCUT2D eigenvalue weighted by Gasteiger charge is 2.23. The third kappa shape index (κ3) is 4.47. The van der Waals surface area contributed by atoms with E-state index in [0.29, 0.717) is 18.1 Å². The number of methoxy groups -OCH3 is 1. The van der Waals surface area contributed by atoms with Crippen molar-refractivity contribution in [3.8, 4) is 5.88 Å². The van der Waals surface area contributed by atoms with Crippen molar-refractivity contribution < 1.29 is 9.53 Å². The van der Waals surface area contributed by atoms with E-state index >= 15 is 0 Å². The fraction of sp³-hybridized carbons (Fsp3) is 0.421. The van der Waals surface area contributed by atoms with Crippen molar-refractivity contribution in [1.82, 2.24) is 14.9 Å². The Morgan fingerprint density at radius 3 is 2.56 bits per heavy atom. The second kappa shape index (κ2) is 7.96. The van der Waals surface area contributed by atoms with Gasteiger partial charge in [0.05, 0.1) is 13.5 Å². The normalized spacial score (nSPS) is 15.0. The van der Waals surface area contributed by atoms with Crippen molar-refractivity contribution in [3.63, 3.8) is 0 Å². The average molecular weight is 340 g/mol. The molecule has 1 aliphatic heterocycles. The molecule has 0 saturated carbocycles. The first-order chi connectivity index (χ1) is 12.2. The first-order valence-electron chi connectivity index (χ1n) is 8.60. The zero-order valence-corrected chi connectivity index (χ0v) is 14.7. The molecule has 1 aliphatic rings. The number of nitrogens with one attached hydrogen (secondary N) is 1. The molecule has 1 fully saturated rings. The molecule has 6 nitrogen and oxygen atoms in total. The van der Waals surface area contributed by atoms with Gasteiger partial charge in [0.15, 0.2) is 5.82 Å². The maximum atomic E-state index is 12.5. The number of benzene rings is 1. The molecule has 1 aromatic heterocycles. The zero-order chi connectivity index (χ0) is 17.6. The van der Waals surface area contributed by atoms with Gasteiger partial charge in [-0.3, -0.25) is 4.79 Å². The van der Waals surface area contributed by atoms with Gasteiger partial charge in [-0.05, 0) is 25.3 Å². The Balaban J connectivity index is 1.51. The van der Waals surface area contributed by atoms with Crippen LogP contribution in [0.3, 0.4) is 0 Å². The van der Waals surface area contributed by atoms with E-state index in [1.54, 1.807) is 19.5 Å². The Labute approximate surface area is 148 Å². The summed E-state index contributed by atoms with van der Waals surface area (Å²) < 4.78 is 5.22. The van der Waals surface area contributed by atoms with Gasteiger partial charge in [0.25, 0.3) is 5.88 Å². The number of amides is 1. The van der Waals surface area contributed by atoms with Crippen LogP contribution in [0.1, 0.15) is 24.0 Å². The lowest BCUT2D eigenvalue weighted by atomic mass is 10.0. The minimum absolute atomic E-state index is 0.194. The van der Waals surface area contributed by atoms with E-state index in [9.17, 15) is 4.79 Å². The summed E-state index contributed by atoms with van der Waals surface area (Å²) in [5.41, 5.74) is 2.28. The summed E-state index contributed by atoms with van der Waals surface area (Å²) in [6, 6.07) is 8.43. The number of hydrogen-bond donors (Lipinski definition) is 1. The number of aromatic nitrogens is 2. The summed E-state index contributed by atoms with van der Waals surface area (Å²) >= 11 is 0. The second-order valence-corrected chi connectivity index (χ2v) is 6.38. The van der Waals surface area contributed by atoms with Gasteiger partial charge in [0.1, 0.15) is 0 Å². The summed E-state index contributed by atoms with van der Waals surface area (Å²) in [4.78, 5) is 22.9. The van der Waals surface area contributed by atoms with Gasteiger partial charge >= 0.3 is 0 Å². The van der Waals surface area contributed by atoms with Crippen LogP contribution in [-0.4, -0.2) is 47.0 Å². The van der Waals surface area contributed by atoms with Crippen LogP contribution in [0.25, 0.3) is 0 Å². The van der Waals surface area contributed by atoms with Crippen LogP contribution < -0.4 is 10.1 Å². The minimum atomic E-state index is 0.194. The van der Waals surface area contributed by atoms with Gasteiger partial charge in [0.2, 0.25) is 5.91 Å². The van der Waals surface area contributed by atoms with Crippen molar-refractivity contribution in [2.75, 3.05) is 25.5 Å². The van der Waals surface area contributed by atoms with Crippen LogP contribution >= 0.6 is 0 Å². The molecule has 132 valence electrons. The Morgan fingerprint density at radius 1 is 1.20 bits per heavy atom. The molecule has 3 rings (SSSR count). The molecule has 0 radical (unpaired) electrons. The fourth-order valence-corrected chi connectivity index (χ4v) is 3.03. The number of nitrogens with zero attached hydrogens (tertiary/aromatic N) is 3. The number of ether oxygens (including phenoxy) is 1. The van der Waals surface area contributed by atoms with Crippen molar-refractivity contribution in [3.05, 3.63) is 47.8 Å². The topological polar surface area (TPSA) is 67.4 Å². The number of carbonyl (C=O) groups excluding carboxylic acids is 1. The quantitative estimate of drug-likeness (QED) is 0.905. The second-order valence-electron chi connectivity index (χ2n) is 6.38. The molecular weight excluding hydrogens is 316 g/mol. The van der Waals surface area contributed by atoms with Crippen LogP contribution in [0.5, 0.6) is 5.88 Å². The van der Waals surface area contributed by atoms with E-state index in [0.717, 1.165) is 31.5 Å². The molecule has 1 aromatic carbocycles. The first-order valence-corrected chi connectivity index (χ1v) is 8.60. The average Bonchev–Trinajstić information content (AvgIpc) is 2.64. The smallest absolute Gasteiger partial charge is 0.257 e. The van der Waals surface area contributed by atoms with Crippen molar-refractivity contribution in [1.29, 1.82) is 0 Å². The summed E-state index contributed by atoms with van der Waals surface area (Å²) in [6.45, 7) is 3.56. The molecule has 2 heterocycles. The number of likely N-dealkylation sites (tertiary alicyclic amines) is 1. The number of anilines is 1. The van der Waals surface area contributed by atoms with Crippen molar-refractivity contribution in [2.24, 2.45) is 0 Å². The molecule has 1 amide bonds. The predicted octanol–water partition coefficient (Wildman–Crippen LogP) is 2.44. The molecule has 1 N–H and O–H groups in total. The van der Waals surface area contributed by atoms with Crippen LogP contribution in [0, 0.1) is 6.92 Å². The number of aryl methyl sites for hydroxylation is 1. The number of hydrogen-bond acceptors (Lipinski definition) is 5. The molecule has 25 heavy (non-hydrogen) atoms. The number of piperidine rings is 1. The fourth-order valence-electron chi connectivity index (χ4n) is 3.03. The molecule has 6 heteroatoms. The summed E-state index contributed by atoms with van der Waals surface area (Å²) in [7, 11) is 1.58. The maximum absolute atomic E-state index is 12.5. The molecular formula is C19H24N4O2. The molecule has 0 spiro atoms. The Morgan fingerprint density at radius 2 is 1.88 bits per heavy atom. The van der Waals surface area contributed by atoms with Gasteiger partial charge in [-0.25, -0.2) is 9.97 Å². The molecule has 1 saturated heterocycles. The van der Waals surface area contributed by atoms with Crippen LogP contribution in [0.4, 0.5) is 5.82 Å². The zero-order valence-electron chi connectivity index (χ0n) is 14.7. The van der Waals surface area contributed by atoms with Crippen LogP contribution in [0.2, 0.25) is 0 Å². The standard InChI is InChI=1S/C19H24N4O2/c1-14-3-5-15(6-4-14)13-17(24)23-11-7-16(8-12-23)22-18-19(25-2)21-10-9-20-18/h3-6,9-10,16H,7-8,11-13H2,1-2H3,(H,20,22). The Kier molecular flexibility index (Phi) is 5.48. The van der Waals surface area contributed by atoms with Gasteiger partial charge in [-0.15, -0.1) is 0 Å². The van der Waals surface area contributed by atoms with Crippen LogP contribution in [0.15, 0.2) is 36.7 Å². The largest absolute Gasteiger partial charge is 0.478 e. The van der Waals surface area contributed by atoms with Gasteiger partial charge in [-0.1, -0.05) is 29.8 Å². The summed E-state index contributed by atoms with van der Waals surface area (Å²) in [6.07, 6.45) is 5.50. The third-order valence-electron chi connectivity index (χ3n) is 4.52. The van der Waals surface area contributed by atoms with E-state index in [4.69, 9.17) is 4.74 Å². The van der Waals surface area contributed by atoms with Gasteiger partial charge in [0, 0.05) is 31.5 Å². The number of carbonyl (C=O) groups is 1.